The molecule has 1 N–H and O–H groups in total. The summed E-state index contributed by atoms with van der Waals surface area (Å²) in [6.45, 7) is 1.79. The molecular formula is C18H14FNO4S. The summed E-state index contributed by atoms with van der Waals surface area (Å²) in [5, 5.41) is 17.5. The summed E-state index contributed by atoms with van der Waals surface area (Å²) in [5.41, 5.74) is -1.09. The molecule has 1 fully saturated rings. The van der Waals surface area contributed by atoms with E-state index in [0.29, 0.717) is 0 Å². The minimum Gasteiger partial charge on any atom is -0.480 e. The predicted molar refractivity (Wildman–Crippen MR) is 87.0 cm³/mol. The summed E-state index contributed by atoms with van der Waals surface area (Å²) in [4.78, 5) is 11.7. The highest BCUT2D eigenvalue weighted by atomic mass is 32.2. The fourth-order valence-corrected chi connectivity index (χ4v) is 5.48. The van der Waals surface area contributed by atoms with E-state index in [0.717, 1.165) is 11.6 Å². The van der Waals surface area contributed by atoms with Gasteiger partial charge < -0.3 is 5.11 Å². The normalized spacial score (nSPS) is 25.2. The van der Waals surface area contributed by atoms with Crippen LogP contribution in [0.4, 0.5) is 4.39 Å². The van der Waals surface area contributed by atoms with E-state index in [1.165, 1.54) is 30.3 Å². The molecule has 0 heterocycles. The number of carboxylic acids is 1. The molecule has 2 aromatic carbocycles. The lowest BCUT2D eigenvalue weighted by atomic mass is 10.0. The number of sulfone groups is 1. The maximum atomic E-state index is 13.5. The van der Waals surface area contributed by atoms with Crippen LogP contribution >= 0.6 is 0 Å². The van der Waals surface area contributed by atoms with Crippen molar-refractivity contribution < 1.29 is 22.7 Å². The number of carboxylic acid groups (broad SMARTS) is 1. The minimum absolute atomic E-state index is 0.0529. The van der Waals surface area contributed by atoms with E-state index < -0.39 is 38.2 Å². The van der Waals surface area contributed by atoms with Crippen LogP contribution in [0.25, 0.3) is 0 Å². The number of hydrogen-bond donors (Lipinski definition) is 1. The summed E-state index contributed by atoms with van der Waals surface area (Å²) in [6.07, 6.45) is 0. The van der Waals surface area contributed by atoms with Crippen LogP contribution in [0.5, 0.6) is 0 Å². The van der Waals surface area contributed by atoms with Crippen molar-refractivity contribution in [2.75, 3.05) is 0 Å². The molecule has 5 nitrogen and oxygen atoms in total. The Morgan fingerprint density at radius 1 is 1.24 bits per heavy atom. The van der Waals surface area contributed by atoms with Gasteiger partial charge in [-0.2, -0.15) is 5.26 Å². The average Bonchev–Trinajstić information content (AvgIpc) is 3.27. The lowest BCUT2D eigenvalue weighted by molar-refractivity contribution is -0.141. The SMILES string of the molecule is Cc1ccc(S(=O)(=O)[C@@H]2[C@H](c3cccc(F)c3)[C@@]2(C#N)C(=O)O)cc1. The van der Waals surface area contributed by atoms with Crippen LogP contribution in [0, 0.1) is 29.5 Å². The first-order chi connectivity index (χ1) is 11.7. The van der Waals surface area contributed by atoms with Gasteiger partial charge in [0.2, 0.25) is 0 Å². The molecule has 0 amide bonds. The van der Waals surface area contributed by atoms with Crippen LogP contribution in [-0.2, 0) is 14.6 Å². The Kier molecular flexibility index (Phi) is 3.88. The number of aryl methyl sites for hydroxylation is 1. The average molecular weight is 359 g/mol. The molecule has 3 rings (SSSR count). The predicted octanol–water partition coefficient (Wildman–Crippen LogP) is 2.67. The number of benzene rings is 2. The van der Waals surface area contributed by atoms with Crippen molar-refractivity contribution in [3.05, 3.63) is 65.5 Å². The smallest absolute Gasteiger partial charge is 0.326 e. The van der Waals surface area contributed by atoms with Crippen LogP contribution in [0.2, 0.25) is 0 Å². The molecule has 2 aromatic rings. The van der Waals surface area contributed by atoms with Gasteiger partial charge in [-0.25, -0.2) is 12.8 Å². The fourth-order valence-electron chi connectivity index (χ4n) is 3.23. The third-order valence-corrected chi connectivity index (χ3v) is 6.81. The lowest BCUT2D eigenvalue weighted by Gasteiger charge is -2.05. The molecule has 0 spiro atoms. The standard InChI is InChI=1S/C18H14FNO4S/c1-11-5-7-14(8-6-11)25(23,24)16-15(18(16,10-20)17(21)22)12-3-2-4-13(19)9-12/h2-9,15-16H,1H3,(H,21,22)/t15-,16+,18+/m0/s1. The molecule has 1 aliphatic carbocycles. The van der Waals surface area contributed by atoms with Crippen LogP contribution in [-0.4, -0.2) is 24.7 Å². The van der Waals surface area contributed by atoms with Crippen molar-refractivity contribution in [3.63, 3.8) is 0 Å². The number of halogens is 1. The molecule has 3 atom stereocenters. The van der Waals surface area contributed by atoms with Crippen molar-refractivity contribution in [1.82, 2.24) is 0 Å². The quantitative estimate of drug-likeness (QED) is 0.905. The Hall–Kier alpha value is -2.72. The molecule has 0 saturated heterocycles. The van der Waals surface area contributed by atoms with E-state index in [1.54, 1.807) is 25.1 Å². The molecule has 7 heteroatoms. The van der Waals surface area contributed by atoms with E-state index >= 15 is 0 Å². The van der Waals surface area contributed by atoms with Gasteiger partial charge in [-0.1, -0.05) is 29.8 Å². The van der Waals surface area contributed by atoms with Gasteiger partial charge in [-0.05, 0) is 36.8 Å². The highest BCUT2D eigenvalue weighted by Crippen LogP contribution is 2.64. The monoisotopic (exact) mass is 359 g/mol. The van der Waals surface area contributed by atoms with Gasteiger partial charge in [0, 0.05) is 5.92 Å². The number of aliphatic carboxylic acids is 1. The maximum absolute atomic E-state index is 13.5. The van der Waals surface area contributed by atoms with Crippen molar-refractivity contribution in [2.45, 2.75) is 23.0 Å². The lowest BCUT2D eigenvalue weighted by Crippen LogP contribution is -2.22. The first-order valence-corrected chi connectivity index (χ1v) is 9.00. The number of hydrogen-bond acceptors (Lipinski definition) is 4. The number of nitriles is 1. The third-order valence-electron chi connectivity index (χ3n) is 4.56. The molecule has 0 radical (unpaired) electrons. The van der Waals surface area contributed by atoms with Crippen molar-refractivity contribution in [3.8, 4) is 6.07 Å². The Labute approximate surface area is 144 Å². The Bertz CT molecular complexity index is 994. The van der Waals surface area contributed by atoms with Crippen LogP contribution in [0.3, 0.4) is 0 Å². The summed E-state index contributed by atoms with van der Waals surface area (Å²) in [5.74, 6) is -3.27. The molecule has 1 aliphatic rings. The zero-order valence-corrected chi connectivity index (χ0v) is 14.0. The molecule has 0 bridgehead atoms. The van der Waals surface area contributed by atoms with E-state index in [4.69, 9.17) is 0 Å². The van der Waals surface area contributed by atoms with E-state index in [-0.39, 0.29) is 10.5 Å². The Morgan fingerprint density at radius 3 is 2.40 bits per heavy atom. The first kappa shape index (κ1) is 17.1. The van der Waals surface area contributed by atoms with Crippen LogP contribution in [0.15, 0.2) is 53.4 Å². The molecule has 25 heavy (non-hydrogen) atoms. The summed E-state index contributed by atoms with van der Waals surface area (Å²) in [6, 6.07) is 12.7. The van der Waals surface area contributed by atoms with Crippen molar-refractivity contribution >= 4 is 15.8 Å². The highest BCUT2D eigenvalue weighted by Gasteiger charge is 2.77. The Morgan fingerprint density at radius 2 is 1.88 bits per heavy atom. The topological polar surface area (TPSA) is 95.2 Å². The second-order valence-electron chi connectivity index (χ2n) is 6.10. The number of carbonyl (C=O) groups is 1. The zero-order chi connectivity index (χ0) is 18.4. The van der Waals surface area contributed by atoms with Crippen molar-refractivity contribution in [2.24, 2.45) is 5.41 Å². The zero-order valence-electron chi connectivity index (χ0n) is 13.2. The van der Waals surface area contributed by atoms with Gasteiger partial charge in [0.05, 0.1) is 11.0 Å². The van der Waals surface area contributed by atoms with Crippen molar-refractivity contribution in [1.29, 1.82) is 5.26 Å². The Balaban J connectivity index is 2.14. The van der Waals surface area contributed by atoms with E-state index in [9.17, 15) is 28.0 Å². The highest BCUT2D eigenvalue weighted by molar-refractivity contribution is 7.92. The van der Waals surface area contributed by atoms with Gasteiger partial charge in [-0.3, -0.25) is 4.79 Å². The van der Waals surface area contributed by atoms with E-state index in [2.05, 4.69) is 0 Å². The summed E-state index contributed by atoms with van der Waals surface area (Å²) < 4.78 is 39.4. The molecule has 0 aliphatic heterocycles. The first-order valence-electron chi connectivity index (χ1n) is 7.46. The molecule has 0 unspecified atom stereocenters. The second-order valence-corrected chi connectivity index (χ2v) is 8.17. The van der Waals surface area contributed by atoms with Gasteiger partial charge in [-0.15, -0.1) is 0 Å². The van der Waals surface area contributed by atoms with Gasteiger partial charge >= 0.3 is 5.97 Å². The molecular weight excluding hydrogens is 345 g/mol. The third kappa shape index (κ3) is 2.50. The minimum atomic E-state index is -4.08. The van der Waals surface area contributed by atoms with Gasteiger partial charge in [0.15, 0.2) is 15.3 Å². The van der Waals surface area contributed by atoms with Crippen LogP contribution in [0.1, 0.15) is 17.0 Å². The van der Waals surface area contributed by atoms with E-state index in [1.807, 2.05) is 0 Å². The van der Waals surface area contributed by atoms with Gasteiger partial charge in [0.25, 0.3) is 0 Å². The maximum Gasteiger partial charge on any atom is 0.326 e. The molecule has 1 saturated carbocycles. The number of nitrogens with zero attached hydrogens (tertiary/aromatic N) is 1. The fraction of sp³-hybridized carbons (Fsp3) is 0.222. The summed E-state index contributed by atoms with van der Waals surface area (Å²) in [7, 11) is -4.08. The largest absolute Gasteiger partial charge is 0.480 e. The number of rotatable bonds is 4. The van der Waals surface area contributed by atoms with Gasteiger partial charge in [0.1, 0.15) is 11.1 Å². The van der Waals surface area contributed by atoms with Crippen LogP contribution < -0.4 is 0 Å². The molecule has 128 valence electrons. The molecule has 0 aromatic heterocycles. The second kappa shape index (κ2) is 5.67. The summed E-state index contributed by atoms with van der Waals surface area (Å²) >= 11 is 0.